The molecule has 80 valence electrons. The fourth-order valence-corrected chi connectivity index (χ4v) is 1.88. The summed E-state index contributed by atoms with van der Waals surface area (Å²) < 4.78 is 0. The standard InChI is InChI=1S/C12H25Br/c1-3-4-5-6-7-8-9-10-11-12(2)13/h12H,3-11H2,1-2H3. The lowest BCUT2D eigenvalue weighted by atomic mass is 10.1. The van der Waals surface area contributed by atoms with Gasteiger partial charge in [-0.1, -0.05) is 81.1 Å². The number of hydrogen-bond acceptors (Lipinski definition) is 0. The summed E-state index contributed by atoms with van der Waals surface area (Å²) in [4.78, 5) is 0.715. The summed E-state index contributed by atoms with van der Waals surface area (Å²) in [7, 11) is 0. The van der Waals surface area contributed by atoms with E-state index in [1.807, 2.05) is 0 Å². The van der Waals surface area contributed by atoms with Crippen molar-refractivity contribution in [3.05, 3.63) is 0 Å². The van der Waals surface area contributed by atoms with E-state index in [1.54, 1.807) is 0 Å². The molecule has 13 heavy (non-hydrogen) atoms. The third kappa shape index (κ3) is 12.5. The van der Waals surface area contributed by atoms with Gasteiger partial charge in [-0.05, 0) is 6.42 Å². The molecule has 0 aromatic carbocycles. The van der Waals surface area contributed by atoms with Gasteiger partial charge in [-0.3, -0.25) is 0 Å². The SMILES string of the molecule is CCCCCCCCCCC(C)Br. The lowest BCUT2D eigenvalue weighted by Gasteiger charge is -2.03. The molecular formula is C12H25Br. The van der Waals surface area contributed by atoms with Crippen LogP contribution in [0.1, 0.15) is 71.6 Å². The topological polar surface area (TPSA) is 0 Å². The van der Waals surface area contributed by atoms with E-state index in [0.717, 1.165) is 0 Å². The second-order valence-electron chi connectivity index (χ2n) is 4.04. The molecule has 0 amide bonds. The Labute approximate surface area is 92.6 Å². The maximum Gasteiger partial charge on any atom is 0.0117 e. The Hall–Kier alpha value is 0.480. The van der Waals surface area contributed by atoms with Crippen molar-refractivity contribution in [2.24, 2.45) is 0 Å². The molecule has 1 unspecified atom stereocenters. The zero-order valence-electron chi connectivity index (χ0n) is 9.32. The molecule has 0 nitrogen and oxygen atoms in total. The van der Waals surface area contributed by atoms with Crippen LogP contribution in [0.5, 0.6) is 0 Å². The molecule has 0 bridgehead atoms. The van der Waals surface area contributed by atoms with E-state index in [9.17, 15) is 0 Å². The van der Waals surface area contributed by atoms with Crippen molar-refractivity contribution in [1.29, 1.82) is 0 Å². The quantitative estimate of drug-likeness (QED) is 0.384. The lowest BCUT2D eigenvalue weighted by molar-refractivity contribution is 0.565. The first-order chi connectivity index (χ1) is 6.27. The van der Waals surface area contributed by atoms with Gasteiger partial charge < -0.3 is 0 Å². The Bertz CT molecular complexity index is 89.1. The van der Waals surface area contributed by atoms with E-state index in [1.165, 1.54) is 57.8 Å². The molecule has 0 fully saturated rings. The van der Waals surface area contributed by atoms with Gasteiger partial charge in [0.15, 0.2) is 0 Å². The second-order valence-corrected chi connectivity index (χ2v) is 5.61. The van der Waals surface area contributed by atoms with Gasteiger partial charge in [-0.25, -0.2) is 0 Å². The second kappa shape index (κ2) is 10.6. The Balaban J connectivity index is 2.84. The van der Waals surface area contributed by atoms with Gasteiger partial charge in [0.25, 0.3) is 0 Å². The first kappa shape index (κ1) is 13.5. The first-order valence-electron chi connectivity index (χ1n) is 5.91. The van der Waals surface area contributed by atoms with Gasteiger partial charge in [0.2, 0.25) is 0 Å². The minimum atomic E-state index is 0.715. The van der Waals surface area contributed by atoms with Crippen LogP contribution in [0.2, 0.25) is 0 Å². The molecule has 0 saturated carbocycles. The van der Waals surface area contributed by atoms with Crippen LogP contribution in [0.4, 0.5) is 0 Å². The molecule has 0 aromatic heterocycles. The zero-order chi connectivity index (χ0) is 9.94. The van der Waals surface area contributed by atoms with Crippen LogP contribution in [0.25, 0.3) is 0 Å². The summed E-state index contributed by atoms with van der Waals surface area (Å²) >= 11 is 3.58. The fourth-order valence-electron chi connectivity index (χ4n) is 1.56. The number of rotatable bonds is 9. The summed E-state index contributed by atoms with van der Waals surface area (Å²) in [6.45, 7) is 4.51. The molecule has 0 aliphatic carbocycles. The maximum atomic E-state index is 3.58. The van der Waals surface area contributed by atoms with Gasteiger partial charge >= 0.3 is 0 Å². The highest BCUT2D eigenvalue weighted by molar-refractivity contribution is 9.09. The molecule has 0 radical (unpaired) electrons. The highest BCUT2D eigenvalue weighted by atomic mass is 79.9. The van der Waals surface area contributed by atoms with E-state index in [2.05, 4.69) is 29.8 Å². The van der Waals surface area contributed by atoms with Gasteiger partial charge in [0.1, 0.15) is 0 Å². The summed E-state index contributed by atoms with van der Waals surface area (Å²) in [5.74, 6) is 0. The lowest BCUT2D eigenvalue weighted by Crippen LogP contribution is -1.89. The summed E-state index contributed by atoms with van der Waals surface area (Å²) in [6, 6.07) is 0. The third-order valence-electron chi connectivity index (χ3n) is 2.46. The number of halogens is 1. The average molecular weight is 249 g/mol. The predicted octanol–water partition coefficient (Wildman–Crippen LogP) is 5.30. The molecule has 0 rings (SSSR count). The fraction of sp³-hybridized carbons (Fsp3) is 1.00. The smallest absolute Gasteiger partial charge is 0.0117 e. The van der Waals surface area contributed by atoms with Crippen LogP contribution in [-0.4, -0.2) is 4.83 Å². The first-order valence-corrected chi connectivity index (χ1v) is 6.83. The summed E-state index contributed by atoms with van der Waals surface area (Å²) in [5.41, 5.74) is 0. The highest BCUT2D eigenvalue weighted by Crippen LogP contribution is 2.13. The normalized spacial score (nSPS) is 13.2. The summed E-state index contributed by atoms with van der Waals surface area (Å²) in [5, 5.41) is 0. The molecule has 0 aromatic rings. The van der Waals surface area contributed by atoms with Crippen LogP contribution >= 0.6 is 15.9 Å². The molecule has 0 aliphatic heterocycles. The van der Waals surface area contributed by atoms with Gasteiger partial charge in [-0.15, -0.1) is 0 Å². The van der Waals surface area contributed by atoms with Crippen LogP contribution in [0.3, 0.4) is 0 Å². The zero-order valence-corrected chi connectivity index (χ0v) is 10.9. The van der Waals surface area contributed by atoms with E-state index in [0.29, 0.717) is 4.83 Å². The van der Waals surface area contributed by atoms with Gasteiger partial charge in [0.05, 0.1) is 0 Å². The Kier molecular flexibility index (Phi) is 11.0. The van der Waals surface area contributed by atoms with Crippen molar-refractivity contribution >= 4 is 15.9 Å². The highest BCUT2D eigenvalue weighted by Gasteiger charge is 1.95. The third-order valence-corrected chi connectivity index (χ3v) is 2.91. The largest absolute Gasteiger partial charge is 0.0894 e. The van der Waals surface area contributed by atoms with Crippen molar-refractivity contribution in [1.82, 2.24) is 0 Å². The molecular weight excluding hydrogens is 224 g/mol. The van der Waals surface area contributed by atoms with E-state index in [-0.39, 0.29) is 0 Å². The van der Waals surface area contributed by atoms with Gasteiger partial charge in [0, 0.05) is 4.83 Å². The predicted molar refractivity (Wildman–Crippen MR) is 65.6 cm³/mol. The minimum absolute atomic E-state index is 0.715. The van der Waals surface area contributed by atoms with Crippen molar-refractivity contribution in [3.63, 3.8) is 0 Å². The Morgan fingerprint density at radius 3 is 1.77 bits per heavy atom. The number of hydrogen-bond donors (Lipinski definition) is 0. The molecule has 1 heteroatoms. The average Bonchev–Trinajstić information content (AvgIpc) is 2.09. The minimum Gasteiger partial charge on any atom is -0.0894 e. The summed E-state index contributed by atoms with van der Waals surface area (Å²) in [6.07, 6.45) is 12.8. The van der Waals surface area contributed by atoms with Crippen molar-refractivity contribution in [2.75, 3.05) is 0 Å². The van der Waals surface area contributed by atoms with Crippen LogP contribution < -0.4 is 0 Å². The molecule has 0 aliphatic rings. The van der Waals surface area contributed by atoms with Gasteiger partial charge in [-0.2, -0.15) is 0 Å². The Morgan fingerprint density at radius 2 is 1.31 bits per heavy atom. The molecule has 0 spiro atoms. The van der Waals surface area contributed by atoms with Crippen molar-refractivity contribution in [2.45, 2.75) is 76.5 Å². The number of unbranched alkanes of at least 4 members (excludes halogenated alkanes) is 7. The van der Waals surface area contributed by atoms with Crippen molar-refractivity contribution < 1.29 is 0 Å². The Morgan fingerprint density at radius 1 is 0.846 bits per heavy atom. The number of alkyl halides is 1. The van der Waals surface area contributed by atoms with E-state index in [4.69, 9.17) is 0 Å². The van der Waals surface area contributed by atoms with Crippen molar-refractivity contribution in [3.8, 4) is 0 Å². The molecule has 0 N–H and O–H groups in total. The molecule has 1 atom stereocenters. The maximum absolute atomic E-state index is 3.58. The van der Waals surface area contributed by atoms with Crippen LogP contribution in [0.15, 0.2) is 0 Å². The van der Waals surface area contributed by atoms with Crippen LogP contribution in [0, 0.1) is 0 Å². The monoisotopic (exact) mass is 248 g/mol. The van der Waals surface area contributed by atoms with E-state index >= 15 is 0 Å². The van der Waals surface area contributed by atoms with Crippen LogP contribution in [-0.2, 0) is 0 Å². The molecule has 0 saturated heterocycles. The molecule has 0 heterocycles. The van der Waals surface area contributed by atoms with E-state index < -0.39 is 0 Å².